The summed E-state index contributed by atoms with van der Waals surface area (Å²) in [7, 11) is 0. The molecule has 0 saturated heterocycles. The number of esters is 1. The Kier molecular flexibility index (Phi) is 1.96. The molecule has 0 aliphatic carbocycles. The van der Waals surface area contributed by atoms with Gasteiger partial charge in [-0.25, -0.2) is 4.79 Å². The SMILES string of the molecule is O=C1OC(c2ccccc2)c2ccncc21. The van der Waals surface area contributed by atoms with Gasteiger partial charge in [-0.15, -0.1) is 0 Å². The molecule has 1 aromatic carbocycles. The molecule has 0 saturated carbocycles. The van der Waals surface area contributed by atoms with Gasteiger partial charge in [-0.05, 0) is 11.6 Å². The molecule has 0 bridgehead atoms. The van der Waals surface area contributed by atoms with Crippen LogP contribution in [-0.2, 0) is 4.74 Å². The lowest BCUT2D eigenvalue weighted by Gasteiger charge is -2.10. The molecule has 0 radical (unpaired) electrons. The van der Waals surface area contributed by atoms with Crippen molar-refractivity contribution in [2.45, 2.75) is 6.10 Å². The van der Waals surface area contributed by atoms with E-state index in [1.54, 1.807) is 12.4 Å². The van der Waals surface area contributed by atoms with Crippen LogP contribution in [0.15, 0.2) is 48.8 Å². The van der Waals surface area contributed by atoms with E-state index in [9.17, 15) is 4.79 Å². The molecule has 2 aromatic rings. The monoisotopic (exact) mass is 211 g/mol. The molecule has 3 rings (SSSR count). The molecule has 1 aromatic heterocycles. The Labute approximate surface area is 92.7 Å². The number of hydrogen-bond acceptors (Lipinski definition) is 3. The van der Waals surface area contributed by atoms with Crippen LogP contribution in [0.5, 0.6) is 0 Å². The number of carbonyl (C=O) groups is 1. The van der Waals surface area contributed by atoms with Crippen molar-refractivity contribution in [2.75, 3.05) is 0 Å². The number of benzene rings is 1. The Morgan fingerprint density at radius 3 is 2.75 bits per heavy atom. The molecule has 1 atom stereocenters. The van der Waals surface area contributed by atoms with E-state index in [1.807, 2.05) is 36.4 Å². The molecule has 16 heavy (non-hydrogen) atoms. The Hall–Kier alpha value is -2.16. The maximum absolute atomic E-state index is 11.6. The number of aromatic nitrogens is 1. The van der Waals surface area contributed by atoms with Gasteiger partial charge in [-0.1, -0.05) is 30.3 Å². The van der Waals surface area contributed by atoms with Crippen molar-refractivity contribution < 1.29 is 9.53 Å². The number of cyclic esters (lactones) is 1. The fourth-order valence-electron chi connectivity index (χ4n) is 1.91. The fraction of sp³-hybridized carbons (Fsp3) is 0.0769. The van der Waals surface area contributed by atoms with Crippen molar-refractivity contribution in [3.05, 3.63) is 65.5 Å². The highest BCUT2D eigenvalue weighted by Crippen LogP contribution is 2.34. The van der Waals surface area contributed by atoms with Gasteiger partial charge in [-0.3, -0.25) is 4.98 Å². The van der Waals surface area contributed by atoms with Crippen LogP contribution >= 0.6 is 0 Å². The molecule has 78 valence electrons. The zero-order chi connectivity index (χ0) is 11.0. The number of hydrogen-bond donors (Lipinski definition) is 0. The quantitative estimate of drug-likeness (QED) is 0.679. The summed E-state index contributed by atoms with van der Waals surface area (Å²) in [5.74, 6) is -0.294. The minimum atomic E-state index is -0.294. The zero-order valence-electron chi connectivity index (χ0n) is 8.46. The van der Waals surface area contributed by atoms with Gasteiger partial charge >= 0.3 is 5.97 Å². The number of pyridine rings is 1. The van der Waals surface area contributed by atoms with Crippen LogP contribution < -0.4 is 0 Å². The van der Waals surface area contributed by atoms with E-state index in [4.69, 9.17) is 4.74 Å². The highest BCUT2D eigenvalue weighted by Gasteiger charge is 2.31. The van der Waals surface area contributed by atoms with Gasteiger partial charge in [0.1, 0.15) is 0 Å². The summed E-state index contributed by atoms with van der Waals surface area (Å²) < 4.78 is 5.34. The van der Waals surface area contributed by atoms with E-state index in [1.165, 1.54) is 0 Å². The van der Waals surface area contributed by atoms with Crippen molar-refractivity contribution in [1.82, 2.24) is 4.98 Å². The average molecular weight is 211 g/mol. The Morgan fingerprint density at radius 1 is 1.12 bits per heavy atom. The molecule has 1 unspecified atom stereocenters. The van der Waals surface area contributed by atoms with E-state index in [2.05, 4.69) is 4.98 Å². The largest absolute Gasteiger partial charge is 0.449 e. The van der Waals surface area contributed by atoms with Gasteiger partial charge in [0.2, 0.25) is 0 Å². The first-order valence-electron chi connectivity index (χ1n) is 5.06. The minimum Gasteiger partial charge on any atom is -0.449 e. The molecule has 0 fully saturated rings. The van der Waals surface area contributed by atoms with Crippen LogP contribution in [0.3, 0.4) is 0 Å². The third-order valence-corrected chi connectivity index (χ3v) is 2.68. The van der Waals surface area contributed by atoms with E-state index in [0.717, 1.165) is 11.1 Å². The maximum atomic E-state index is 11.6. The highest BCUT2D eigenvalue weighted by molar-refractivity contribution is 5.94. The van der Waals surface area contributed by atoms with Crippen LogP contribution in [0.25, 0.3) is 0 Å². The molecule has 1 aliphatic heterocycles. The number of nitrogens with zero attached hydrogens (tertiary/aromatic N) is 1. The summed E-state index contributed by atoms with van der Waals surface area (Å²) in [4.78, 5) is 15.5. The number of ether oxygens (including phenoxy) is 1. The Bertz CT molecular complexity index is 537. The summed E-state index contributed by atoms with van der Waals surface area (Å²) in [5.41, 5.74) is 2.45. The molecule has 0 N–H and O–H groups in total. The van der Waals surface area contributed by atoms with Crippen molar-refractivity contribution in [3.63, 3.8) is 0 Å². The fourth-order valence-corrected chi connectivity index (χ4v) is 1.91. The van der Waals surface area contributed by atoms with E-state index < -0.39 is 0 Å². The van der Waals surface area contributed by atoms with Crippen LogP contribution in [0.4, 0.5) is 0 Å². The molecular formula is C13H9NO2. The molecule has 0 amide bonds. The highest BCUT2D eigenvalue weighted by atomic mass is 16.5. The van der Waals surface area contributed by atoms with Crippen LogP contribution in [-0.4, -0.2) is 11.0 Å². The molecule has 0 spiro atoms. The first kappa shape index (κ1) is 9.09. The van der Waals surface area contributed by atoms with E-state index >= 15 is 0 Å². The third-order valence-electron chi connectivity index (χ3n) is 2.68. The smallest absolute Gasteiger partial charge is 0.341 e. The number of carbonyl (C=O) groups excluding carboxylic acids is 1. The lowest BCUT2D eigenvalue weighted by atomic mass is 10.0. The average Bonchev–Trinajstić information content (AvgIpc) is 2.69. The maximum Gasteiger partial charge on any atom is 0.341 e. The van der Waals surface area contributed by atoms with Gasteiger partial charge in [0.05, 0.1) is 5.56 Å². The van der Waals surface area contributed by atoms with Crippen LogP contribution in [0.2, 0.25) is 0 Å². The summed E-state index contributed by atoms with van der Waals surface area (Å²) >= 11 is 0. The lowest BCUT2D eigenvalue weighted by molar-refractivity contribution is 0.0455. The van der Waals surface area contributed by atoms with Gasteiger partial charge in [0.25, 0.3) is 0 Å². The summed E-state index contributed by atoms with van der Waals surface area (Å²) in [6.07, 6.45) is 2.95. The summed E-state index contributed by atoms with van der Waals surface area (Å²) in [6.45, 7) is 0. The first-order chi connectivity index (χ1) is 7.86. The topological polar surface area (TPSA) is 39.2 Å². The normalized spacial score (nSPS) is 18.0. The zero-order valence-corrected chi connectivity index (χ0v) is 8.46. The van der Waals surface area contributed by atoms with Crippen molar-refractivity contribution in [1.29, 1.82) is 0 Å². The number of rotatable bonds is 1. The second-order valence-corrected chi connectivity index (χ2v) is 3.66. The predicted molar refractivity (Wildman–Crippen MR) is 57.9 cm³/mol. The molecule has 3 heteroatoms. The second-order valence-electron chi connectivity index (χ2n) is 3.66. The standard InChI is InChI=1S/C13H9NO2/c15-13-11-8-14-7-6-10(11)12(16-13)9-4-2-1-3-5-9/h1-8,12H. The van der Waals surface area contributed by atoms with E-state index in [-0.39, 0.29) is 12.1 Å². The van der Waals surface area contributed by atoms with Crippen LogP contribution in [0, 0.1) is 0 Å². The van der Waals surface area contributed by atoms with Gasteiger partial charge < -0.3 is 4.74 Å². The summed E-state index contributed by atoms with van der Waals surface area (Å²) in [5, 5.41) is 0. The molecule has 1 aliphatic rings. The Morgan fingerprint density at radius 2 is 1.94 bits per heavy atom. The second kappa shape index (κ2) is 3.45. The molecular weight excluding hydrogens is 202 g/mol. The van der Waals surface area contributed by atoms with Crippen molar-refractivity contribution >= 4 is 5.97 Å². The first-order valence-corrected chi connectivity index (χ1v) is 5.06. The van der Waals surface area contributed by atoms with Crippen LogP contribution in [0.1, 0.15) is 27.6 Å². The van der Waals surface area contributed by atoms with Gasteiger partial charge in [0.15, 0.2) is 6.10 Å². The van der Waals surface area contributed by atoms with Crippen molar-refractivity contribution in [2.24, 2.45) is 0 Å². The minimum absolute atomic E-state index is 0.285. The Balaban J connectivity index is 2.11. The third kappa shape index (κ3) is 1.29. The predicted octanol–water partition coefficient (Wildman–Crippen LogP) is 2.34. The van der Waals surface area contributed by atoms with Gasteiger partial charge in [-0.2, -0.15) is 0 Å². The van der Waals surface area contributed by atoms with E-state index in [0.29, 0.717) is 5.56 Å². The lowest BCUT2D eigenvalue weighted by Crippen LogP contribution is -1.99. The summed E-state index contributed by atoms with van der Waals surface area (Å²) in [6, 6.07) is 11.5. The molecule has 3 nitrogen and oxygen atoms in total. The van der Waals surface area contributed by atoms with Gasteiger partial charge in [0, 0.05) is 18.0 Å². The van der Waals surface area contributed by atoms with Crippen molar-refractivity contribution in [3.8, 4) is 0 Å². The molecule has 2 heterocycles. The number of fused-ring (bicyclic) bond motifs is 1.